The number of rotatable bonds is 3. The summed E-state index contributed by atoms with van der Waals surface area (Å²) in [6, 6.07) is 6.08. The van der Waals surface area contributed by atoms with Crippen LogP contribution in [0.1, 0.15) is 15.9 Å². The van der Waals surface area contributed by atoms with Gasteiger partial charge in [0, 0.05) is 12.6 Å². The predicted octanol–water partition coefficient (Wildman–Crippen LogP) is 0.621. The van der Waals surface area contributed by atoms with E-state index in [4.69, 9.17) is 4.74 Å². The lowest BCUT2D eigenvalue weighted by atomic mass is 9.96. The van der Waals surface area contributed by atoms with Crippen LogP contribution in [0.4, 0.5) is 15.9 Å². The molecule has 0 atom stereocenters. The molecule has 114 valence electrons. The summed E-state index contributed by atoms with van der Waals surface area (Å²) in [4.78, 5) is 24.0. The number of carbonyl (C=O) groups is 1. The van der Waals surface area contributed by atoms with E-state index in [1.54, 1.807) is 26.9 Å². The molecule has 0 unspecified atom stereocenters. The maximum Gasteiger partial charge on any atom is 0.341 e. The summed E-state index contributed by atoms with van der Waals surface area (Å²) < 4.78 is 20.0. The SMILES string of the molecule is Bc1ccc(Nc2c(C(=O)OC)cc(C)c(=O)n2C)c(F)c1. The number of hydrogen-bond donors (Lipinski definition) is 1. The van der Waals surface area contributed by atoms with E-state index in [1.807, 2.05) is 0 Å². The molecular weight excluding hydrogens is 286 g/mol. The van der Waals surface area contributed by atoms with Gasteiger partial charge in [0.1, 0.15) is 25.0 Å². The Balaban J connectivity index is 2.60. The number of carbonyl (C=O) groups excluding carboxylic acids is 1. The molecule has 0 radical (unpaired) electrons. The Morgan fingerprint density at radius 3 is 2.64 bits per heavy atom. The third-order valence-electron chi connectivity index (χ3n) is 3.38. The van der Waals surface area contributed by atoms with Crippen LogP contribution in [0.15, 0.2) is 29.1 Å². The number of benzene rings is 1. The fourth-order valence-corrected chi connectivity index (χ4v) is 2.16. The summed E-state index contributed by atoms with van der Waals surface area (Å²) in [5.41, 5.74) is 1.24. The Kier molecular flexibility index (Phi) is 4.35. The maximum atomic E-state index is 14.0. The fraction of sp³-hybridized carbons (Fsp3) is 0.200. The second-order valence-electron chi connectivity index (χ2n) is 5.05. The molecule has 7 heteroatoms. The molecule has 1 aromatic heterocycles. The average Bonchev–Trinajstić information content (AvgIpc) is 2.49. The largest absolute Gasteiger partial charge is 0.465 e. The van der Waals surface area contributed by atoms with Gasteiger partial charge in [-0.05, 0) is 25.1 Å². The van der Waals surface area contributed by atoms with E-state index in [-0.39, 0.29) is 22.6 Å². The third-order valence-corrected chi connectivity index (χ3v) is 3.38. The van der Waals surface area contributed by atoms with Gasteiger partial charge in [0.2, 0.25) is 0 Å². The lowest BCUT2D eigenvalue weighted by molar-refractivity contribution is 0.0601. The van der Waals surface area contributed by atoms with Crippen LogP contribution in [0, 0.1) is 12.7 Å². The molecule has 22 heavy (non-hydrogen) atoms. The van der Waals surface area contributed by atoms with Gasteiger partial charge in [-0.1, -0.05) is 11.5 Å². The normalized spacial score (nSPS) is 10.4. The van der Waals surface area contributed by atoms with Crippen LogP contribution in [0.3, 0.4) is 0 Å². The van der Waals surface area contributed by atoms with E-state index in [1.165, 1.54) is 30.9 Å². The topological polar surface area (TPSA) is 60.3 Å². The molecule has 1 heterocycles. The van der Waals surface area contributed by atoms with Crippen molar-refractivity contribution < 1.29 is 13.9 Å². The van der Waals surface area contributed by atoms with E-state index in [0.717, 1.165) is 5.46 Å². The minimum atomic E-state index is -0.603. The van der Waals surface area contributed by atoms with Gasteiger partial charge in [-0.15, -0.1) is 0 Å². The van der Waals surface area contributed by atoms with Gasteiger partial charge in [0.05, 0.1) is 12.8 Å². The van der Waals surface area contributed by atoms with Gasteiger partial charge in [-0.2, -0.15) is 0 Å². The summed E-state index contributed by atoms with van der Waals surface area (Å²) in [7, 11) is 4.53. The molecule has 1 aromatic carbocycles. The Morgan fingerprint density at radius 2 is 2.05 bits per heavy atom. The molecule has 5 nitrogen and oxygen atoms in total. The third kappa shape index (κ3) is 2.88. The van der Waals surface area contributed by atoms with E-state index >= 15 is 0 Å². The summed E-state index contributed by atoms with van der Waals surface area (Å²) in [6.07, 6.45) is 0. The molecule has 0 aliphatic rings. The molecule has 0 saturated carbocycles. The van der Waals surface area contributed by atoms with Crippen LogP contribution in [-0.4, -0.2) is 25.5 Å². The molecule has 0 amide bonds. The molecule has 0 fully saturated rings. The molecule has 2 aromatic rings. The van der Waals surface area contributed by atoms with Gasteiger partial charge in [0.25, 0.3) is 5.56 Å². The quantitative estimate of drug-likeness (QED) is 0.667. The number of pyridine rings is 1. The minimum absolute atomic E-state index is 0.169. The second kappa shape index (κ2) is 6.05. The van der Waals surface area contributed by atoms with Crippen LogP contribution in [0.5, 0.6) is 0 Å². The van der Waals surface area contributed by atoms with Crippen molar-refractivity contribution in [2.75, 3.05) is 12.4 Å². The molecule has 0 aliphatic heterocycles. The summed E-state index contributed by atoms with van der Waals surface area (Å²) >= 11 is 0. The fourth-order valence-electron chi connectivity index (χ4n) is 2.16. The van der Waals surface area contributed by atoms with E-state index < -0.39 is 11.8 Å². The Labute approximate surface area is 128 Å². The Hall–Kier alpha value is -2.57. The number of ether oxygens (including phenoxy) is 1. The monoisotopic (exact) mass is 302 g/mol. The van der Waals surface area contributed by atoms with Crippen molar-refractivity contribution in [1.29, 1.82) is 0 Å². The van der Waals surface area contributed by atoms with Crippen molar-refractivity contribution in [3.63, 3.8) is 0 Å². The zero-order chi connectivity index (χ0) is 16.4. The first-order valence-electron chi connectivity index (χ1n) is 6.67. The number of anilines is 2. The lowest BCUT2D eigenvalue weighted by Gasteiger charge is -2.16. The molecular formula is C15H16BFN2O3. The Bertz CT molecular complexity index is 802. The summed E-state index contributed by atoms with van der Waals surface area (Å²) in [5.74, 6) is -0.886. The number of halogens is 1. The van der Waals surface area contributed by atoms with Crippen molar-refractivity contribution in [3.05, 3.63) is 51.6 Å². The summed E-state index contributed by atoms with van der Waals surface area (Å²) in [6.45, 7) is 1.60. The summed E-state index contributed by atoms with van der Waals surface area (Å²) in [5, 5.41) is 2.81. The minimum Gasteiger partial charge on any atom is -0.465 e. The number of nitrogens with zero attached hydrogens (tertiary/aromatic N) is 1. The van der Waals surface area contributed by atoms with Crippen molar-refractivity contribution in [1.82, 2.24) is 4.57 Å². The smallest absolute Gasteiger partial charge is 0.341 e. The van der Waals surface area contributed by atoms with Crippen molar-refractivity contribution in [2.24, 2.45) is 7.05 Å². The highest BCUT2D eigenvalue weighted by molar-refractivity contribution is 6.32. The van der Waals surface area contributed by atoms with Gasteiger partial charge in [-0.25, -0.2) is 9.18 Å². The molecule has 0 saturated heterocycles. The van der Waals surface area contributed by atoms with E-state index in [9.17, 15) is 14.0 Å². The highest BCUT2D eigenvalue weighted by atomic mass is 19.1. The molecule has 0 spiro atoms. The molecule has 0 bridgehead atoms. The number of hydrogen-bond acceptors (Lipinski definition) is 4. The lowest BCUT2D eigenvalue weighted by Crippen LogP contribution is -2.25. The highest BCUT2D eigenvalue weighted by Gasteiger charge is 2.18. The first kappa shape index (κ1) is 15.8. The molecule has 1 N–H and O–H groups in total. The number of esters is 1. The van der Waals surface area contributed by atoms with E-state index in [0.29, 0.717) is 5.56 Å². The van der Waals surface area contributed by atoms with Gasteiger partial charge >= 0.3 is 5.97 Å². The first-order valence-corrected chi connectivity index (χ1v) is 6.67. The zero-order valence-electron chi connectivity index (χ0n) is 12.9. The van der Waals surface area contributed by atoms with Crippen LogP contribution in [0.2, 0.25) is 0 Å². The van der Waals surface area contributed by atoms with Crippen molar-refractivity contribution in [3.8, 4) is 0 Å². The number of aromatic nitrogens is 1. The van der Waals surface area contributed by atoms with Crippen molar-refractivity contribution >= 4 is 30.8 Å². The maximum absolute atomic E-state index is 14.0. The van der Waals surface area contributed by atoms with Crippen LogP contribution in [0.25, 0.3) is 0 Å². The van der Waals surface area contributed by atoms with Crippen molar-refractivity contribution in [2.45, 2.75) is 6.92 Å². The average molecular weight is 302 g/mol. The standard InChI is InChI=1S/C15H16BFN2O3/c1-8-6-10(15(21)22-3)13(19(2)14(8)20)18-12-5-4-9(16)7-11(12)17/h4-7,18H,16H2,1-3H3. The molecule has 0 aliphatic carbocycles. The highest BCUT2D eigenvalue weighted by Crippen LogP contribution is 2.22. The van der Waals surface area contributed by atoms with Gasteiger partial charge < -0.3 is 10.1 Å². The van der Waals surface area contributed by atoms with Gasteiger partial charge in [0.15, 0.2) is 0 Å². The second-order valence-corrected chi connectivity index (χ2v) is 5.05. The molecule has 2 rings (SSSR count). The van der Waals surface area contributed by atoms with Gasteiger partial charge in [-0.3, -0.25) is 9.36 Å². The Morgan fingerprint density at radius 1 is 1.36 bits per heavy atom. The zero-order valence-corrected chi connectivity index (χ0v) is 12.9. The van der Waals surface area contributed by atoms with Crippen LogP contribution >= 0.6 is 0 Å². The number of aryl methyl sites for hydroxylation is 1. The number of nitrogens with one attached hydrogen (secondary N) is 1. The van der Waals surface area contributed by atoms with Crippen LogP contribution < -0.4 is 16.3 Å². The number of methoxy groups -OCH3 is 1. The van der Waals surface area contributed by atoms with E-state index in [2.05, 4.69) is 5.32 Å². The van der Waals surface area contributed by atoms with Crippen LogP contribution in [-0.2, 0) is 11.8 Å². The predicted molar refractivity (Wildman–Crippen MR) is 85.6 cm³/mol. The first-order chi connectivity index (χ1) is 10.3.